The molecule has 0 unspecified atom stereocenters. The van der Waals surface area contributed by atoms with E-state index in [4.69, 9.17) is 20.2 Å². The van der Waals surface area contributed by atoms with Crippen LogP contribution in [0.4, 0.5) is 0 Å². The van der Waals surface area contributed by atoms with Gasteiger partial charge in [0, 0.05) is 20.2 Å². The van der Waals surface area contributed by atoms with Crippen molar-refractivity contribution in [1.29, 1.82) is 0 Å². The van der Waals surface area contributed by atoms with E-state index in [1.807, 2.05) is 0 Å². The van der Waals surface area contributed by atoms with Crippen molar-refractivity contribution < 1.29 is 33.4 Å². The fourth-order valence-corrected chi connectivity index (χ4v) is 1.21. The first-order valence-electron chi connectivity index (χ1n) is 6.93. The fourth-order valence-electron chi connectivity index (χ4n) is 1.21. The molecule has 133 valence electrons. The molecule has 0 saturated heterocycles. The van der Waals surface area contributed by atoms with Crippen LogP contribution in [-0.2, 0) is 33.4 Å². The minimum atomic E-state index is -0.303. The lowest BCUT2D eigenvalue weighted by atomic mass is 10.3. The number of hydrogen-bond donors (Lipinski definition) is 4. The molecule has 12 heteroatoms. The third-order valence-corrected chi connectivity index (χ3v) is 2.18. The van der Waals surface area contributed by atoms with Gasteiger partial charge in [-0.15, -0.1) is 0 Å². The molecule has 1 radical (unpaired) electrons. The molecule has 0 aromatic rings. The molecule has 0 aromatic heterocycles. The predicted molar refractivity (Wildman–Crippen MR) is 79.6 cm³/mol. The van der Waals surface area contributed by atoms with E-state index in [0.29, 0.717) is 39.5 Å². The van der Waals surface area contributed by atoms with E-state index in [1.54, 1.807) is 0 Å². The Labute approximate surface area is 135 Å². The van der Waals surface area contributed by atoms with E-state index >= 15 is 0 Å². The van der Waals surface area contributed by atoms with E-state index in [-0.39, 0.29) is 25.0 Å². The Kier molecular flexibility index (Phi) is 16.1. The summed E-state index contributed by atoms with van der Waals surface area (Å²) in [5.74, 6) is 4.16. The number of hydrogen-bond acceptors (Lipinski definition) is 9. The Morgan fingerprint density at radius 3 is 2.04 bits per heavy atom. The maximum Gasteiger partial charge on any atom is 0.421 e. The topological polar surface area (TPSA) is 142 Å². The first kappa shape index (κ1) is 21.7. The minimum absolute atomic E-state index is 0.135. The first-order chi connectivity index (χ1) is 11.2. The van der Waals surface area contributed by atoms with E-state index in [2.05, 4.69) is 25.5 Å². The Morgan fingerprint density at radius 2 is 1.52 bits per heavy atom. The van der Waals surface area contributed by atoms with Gasteiger partial charge < -0.3 is 29.6 Å². The normalized spacial score (nSPS) is 10.3. The first-order valence-corrected chi connectivity index (χ1v) is 6.93. The van der Waals surface area contributed by atoms with Gasteiger partial charge in [0.05, 0.1) is 26.4 Å². The van der Waals surface area contributed by atoms with Crippen molar-refractivity contribution in [2.45, 2.75) is 0 Å². The van der Waals surface area contributed by atoms with Crippen LogP contribution >= 0.6 is 0 Å². The minimum Gasteiger partial charge on any atom is -0.426 e. The number of ether oxygens (including phenoxy) is 2. The highest BCUT2D eigenvalue weighted by Crippen LogP contribution is 1.79. The van der Waals surface area contributed by atoms with Crippen LogP contribution in [0.2, 0.25) is 0 Å². The summed E-state index contributed by atoms with van der Waals surface area (Å²) in [6.07, 6.45) is 0. The summed E-state index contributed by atoms with van der Waals surface area (Å²) in [5.41, 5.74) is 0. The molecule has 0 aliphatic carbocycles. The van der Waals surface area contributed by atoms with Gasteiger partial charge in [-0.25, -0.2) is 11.3 Å². The highest BCUT2D eigenvalue weighted by atomic mass is 16.7. The smallest absolute Gasteiger partial charge is 0.421 e. The molecule has 0 saturated carbocycles. The summed E-state index contributed by atoms with van der Waals surface area (Å²) in [6.45, 7) is 1.91. The molecule has 0 aliphatic heterocycles. The Morgan fingerprint density at radius 1 is 0.957 bits per heavy atom. The summed E-state index contributed by atoms with van der Waals surface area (Å²) < 4.78 is 15.0. The van der Waals surface area contributed by atoms with Crippen LogP contribution in [0, 0.1) is 0 Å². The van der Waals surface area contributed by atoms with Gasteiger partial charge in [-0.3, -0.25) is 14.4 Å². The number of rotatable bonds is 16. The molecule has 0 spiro atoms. The molecule has 0 heterocycles. The summed E-state index contributed by atoms with van der Waals surface area (Å²) >= 11 is 0. The summed E-state index contributed by atoms with van der Waals surface area (Å²) in [4.78, 5) is 31.1. The zero-order valence-electron chi connectivity index (χ0n) is 13.2. The van der Waals surface area contributed by atoms with Crippen LogP contribution < -0.4 is 21.9 Å². The number of carbonyl (C=O) groups is 2. The van der Waals surface area contributed by atoms with Crippen molar-refractivity contribution in [1.82, 2.24) is 16.0 Å². The average molecular weight is 335 g/mol. The SMILES string of the molecule is CO[B]NOCC(=O)NCCOCCOCCNC(=O)CON. The van der Waals surface area contributed by atoms with Gasteiger partial charge in [0.15, 0.2) is 0 Å². The molecule has 2 amide bonds. The van der Waals surface area contributed by atoms with Gasteiger partial charge in [0.1, 0.15) is 13.2 Å². The monoisotopic (exact) mass is 335 g/mol. The summed E-state index contributed by atoms with van der Waals surface area (Å²) in [7, 11) is 2.65. The summed E-state index contributed by atoms with van der Waals surface area (Å²) in [6, 6.07) is 0. The lowest BCUT2D eigenvalue weighted by Crippen LogP contribution is -2.34. The average Bonchev–Trinajstić information content (AvgIpc) is 2.53. The van der Waals surface area contributed by atoms with Gasteiger partial charge in [0.2, 0.25) is 11.8 Å². The molecule has 23 heavy (non-hydrogen) atoms. The quantitative estimate of drug-likeness (QED) is 0.131. The largest absolute Gasteiger partial charge is 0.426 e. The maximum atomic E-state index is 11.3. The van der Waals surface area contributed by atoms with Crippen LogP contribution in [0.5, 0.6) is 0 Å². The molecule has 0 rings (SSSR count). The lowest BCUT2D eigenvalue weighted by Gasteiger charge is -2.08. The van der Waals surface area contributed by atoms with E-state index in [1.165, 1.54) is 14.7 Å². The molecule has 0 aliphatic rings. The van der Waals surface area contributed by atoms with Crippen LogP contribution in [0.3, 0.4) is 0 Å². The van der Waals surface area contributed by atoms with Crippen LogP contribution in [0.1, 0.15) is 0 Å². The Bertz CT molecular complexity index is 312. The third kappa shape index (κ3) is 16.9. The fraction of sp³-hybridized carbons (Fsp3) is 0.818. The van der Waals surface area contributed by atoms with Gasteiger partial charge in [-0.2, -0.15) is 0 Å². The van der Waals surface area contributed by atoms with Crippen molar-refractivity contribution in [3.63, 3.8) is 0 Å². The molecular formula is C11H24BN4O7. The van der Waals surface area contributed by atoms with Crippen molar-refractivity contribution in [3.8, 4) is 0 Å². The highest BCUT2D eigenvalue weighted by molar-refractivity contribution is 6.22. The predicted octanol–water partition coefficient (Wildman–Crippen LogP) is -3.16. The van der Waals surface area contributed by atoms with E-state index in [0.717, 1.165) is 0 Å². The standard InChI is InChI=1S/C11H24BN4O7/c1-19-12-16-23-9-11(18)15-3-5-21-7-6-20-4-2-14-10(17)8-22-13/h16H,2-9,13H2,1H3,(H,14,17)(H,15,18). The molecule has 0 bridgehead atoms. The number of nitrogens with one attached hydrogen (secondary N) is 3. The Hall–Kier alpha value is -1.28. The van der Waals surface area contributed by atoms with Crippen LogP contribution in [0.25, 0.3) is 0 Å². The van der Waals surface area contributed by atoms with Gasteiger partial charge >= 0.3 is 7.62 Å². The number of amides is 2. The molecule has 0 fully saturated rings. The molecule has 0 aromatic carbocycles. The number of nitrogens with two attached hydrogens (primary N) is 1. The second-order valence-electron chi connectivity index (χ2n) is 4.00. The van der Waals surface area contributed by atoms with Crippen LogP contribution in [0.15, 0.2) is 0 Å². The zero-order valence-corrected chi connectivity index (χ0v) is 13.2. The van der Waals surface area contributed by atoms with Gasteiger partial charge in [-0.05, 0) is 0 Å². The lowest BCUT2D eigenvalue weighted by molar-refractivity contribution is -0.127. The maximum absolute atomic E-state index is 11.3. The summed E-state index contributed by atoms with van der Waals surface area (Å²) in [5, 5.41) is 7.47. The van der Waals surface area contributed by atoms with Crippen molar-refractivity contribution >= 4 is 19.4 Å². The van der Waals surface area contributed by atoms with Crippen molar-refractivity contribution in [3.05, 3.63) is 0 Å². The van der Waals surface area contributed by atoms with Crippen molar-refractivity contribution in [2.24, 2.45) is 5.90 Å². The third-order valence-electron chi connectivity index (χ3n) is 2.18. The Balaban J connectivity index is 3.18. The number of carbonyl (C=O) groups excluding carboxylic acids is 2. The van der Waals surface area contributed by atoms with E-state index < -0.39 is 0 Å². The zero-order chi connectivity index (χ0) is 17.2. The van der Waals surface area contributed by atoms with Crippen LogP contribution in [-0.4, -0.2) is 79.3 Å². The molecule has 0 atom stereocenters. The van der Waals surface area contributed by atoms with Crippen molar-refractivity contribution in [2.75, 3.05) is 59.8 Å². The van der Waals surface area contributed by atoms with Gasteiger partial charge in [-0.1, -0.05) is 0 Å². The molecular weight excluding hydrogens is 311 g/mol. The van der Waals surface area contributed by atoms with E-state index in [9.17, 15) is 9.59 Å². The second-order valence-corrected chi connectivity index (χ2v) is 4.00. The van der Waals surface area contributed by atoms with Gasteiger partial charge in [0.25, 0.3) is 0 Å². The molecule has 5 N–H and O–H groups in total. The molecule has 11 nitrogen and oxygen atoms in total. The second kappa shape index (κ2) is 17.1. The highest BCUT2D eigenvalue weighted by Gasteiger charge is 2.01.